The molecule has 1 aliphatic carbocycles. The predicted octanol–water partition coefficient (Wildman–Crippen LogP) is 6.79. The molecule has 3 fully saturated rings. The Morgan fingerprint density at radius 1 is 0.982 bits per heavy atom. The van der Waals surface area contributed by atoms with Crippen LogP contribution in [0.5, 0.6) is 5.75 Å². The zero-order valence-corrected chi connectivity index (χ0v) is 32.3. The van der Waals surface area contributed by atoms with Crippen LogP contribution in [0.2, 0.25) is 0 Å². The Morgan fingerprint density at radius 3 is 2.48 bits per heavy atom. The average molecular weight is 771 g/mol. The number of nitrogens with one attached hydrogen (secondary N) is 3. The largest absolute Gasteiger partial charge is 0.490 e. The van der Waals surface area contributed by atoms with Crippen molar-refractivity contribution in [3.63, 3.8) is 0 Å². The van der Waals surface area contributed by atoms with Crippen LogP contribution >= 0.6 is 0 Å². The third-order valence-electron chi connectivity index (χ3n) is 11.3. The number of fused-ring (bicyclic) bond motifs is 1. The number of imidazole rings is 1. The second-order valence-corrected chi connectivity index (χ2v) is 15.9. The van der Waals surface area contributed by atoms with E-state index in [1.54, 1.807) is 12.3 Å². The Morgan fingerprint density at radius 2 is 1.75 bits per heavy atom. The van der Waals surface area contributed by atoms with Gasteiger partial charge in [-0.15, -0.1) is 0 Å². The molecule has 4 aromatic rings. The molecule has 5 heterocycles. The van der Waals surface area contributed by atoms with Crippen LogP contribution in [0.4, 0.5) is 20.3 Å². The molecule has 14 heteroatoms. The minimum absolute atomic E-state index is 0.0451. The normalized spacial score (nSPS) is 21.2. The van der Waals surface area contributed by atoms with Crippen LogP contribution in [0.1, 0.15) is 105 Å². The molecule has 12 nitrogen and oxygen atoms in total. The monoisotopic (exact) mass is 770 g/mol. The lowest BCUT2D eigenvalue weighted by atomic mass is 9.80. The summed E-state index contributed by atoms with van der Waals surface area (Å²) in [4.78, 5) is 51.0. The maximum absolute atomic E-state index is 13.4. The zero-order valence-electron chi connectivity index (χ0n) is 32.3. The van der Waals surface area contributed by atoms with Gasteiger partial charge in [-0.3, -0.25) is 24.6 Å². The number of rotatable bonds is 13. The molecule has 0 spiro atoms. The van der Waals surface area contributed by atoms with Gasteiger partial charge in [0.25, 0.3) is 12.3 Å². The number of carbonyl (C=O) groups excluding carboxylic acids is 3. The van der Waals surface area contributed by atoms with E-state index in [9.17, 15) is 23.2 Å². The van der Waals surface area contributed by atoms with Crippen molar-refractivity contribution in [2.75, 3.05) is 37.3 Å². The van der Waals surface area contributed by atoms with Crippen LogP contribution in [0.15, 0.2) is 60.9 Å². The van der Waals surface area contributed by atoms with Gasteiger partial charge in [-0.25, -0.2) is 18.7 Å². The van der Waals surface area contributed by atoms with Crippen molar-refractivity contribution in [1.82, 2.24) is 29.5 Å². The molecule has 298 valence electrons. The number of likely N-dealkylation sites (tertiary alicyclic amines) is 1. The van der Waals surface area contributed by atoms with Crippen molar-refractivity contribution in [2.24, 2.45) is 5.92 Å². The van der Waals surface area contributed by atoms with Gasteiger partial charge in [-0.1, -0.05) is 18.2 Å². The average Bonchev–Trinajstić information content (AvgIpc) is 3.59. The Kier molecular flexibility index (Phi) is 12.2. The standard InChI is InChI=1S/C42H52F2N8O4/c1-26(2)56-36-21-38-47-35(25-52(38)24-32(36)41(54)48-37-9-5-8-33(46-37)40(43)44)29-12-10-27(11-13-29)22-50(3)31-16-18-51(19-17-31)23-28-6-4-7-30(20-28)45-34-14-15-39(53)49-42(34)55/h4-9,20-21,24-27,29,31,34,40,45H,10-19,22-23H2,1-3H3,(H,46,48,54)(H,49,53,55)/t27-,29-,34?. The lowest BCUT2D eigenvalue weighted by molar-refractivity contribution is -0.133. The number of halogens is 2. The number of alkyl halides is 2. The maximum Gasteiger partial charge on any atom is 0.280 e. The van der Waals surface area contributed by atoms with Crippen LogP contribution in [0.25, 0.3) is 5.65 Å². The van der Waals surface area contributed by atoms with Gasteiger partial charge >= 0.3 is 0 Å². The summed E-state index contributed by atoms with van der Waals surface area (Å²) >= 11 is 0. The highest BCUT2D eigenvalue weighted by Crippen LogP contribution is 2.37. The first-order chi connectivity index (χ1) is 27.0. The Labute approximate surface area is 326 Å². The molecular formula is C42H52F2N8O4. The molecule has 0 radical (unpaired) electrons. The quantitative estimate of drug-likeness (QED) is 0.126. The Hall–Kier alpha value is -4.95. The summed E-state index contributed by atoms with van der Waals surface area (Å²) in [7, 11) is 2.27. The number of amides is 3. The van der Waals surface area contributed by atoms with Crippen molar-refractivity contribution < 1.29 is 27.9 Å². The minimum atomic E-state index is -2.74. The molecule has 3 N–H and O–H groups in total. The summed E-state index contributed by atoms with van der Waals surface area (Å²) in [5.74, 6) is 0.401. The topological polar surface area (TPSA) is 133 Å². The molecule has 2 saturated heterocycles. The van der Waals surface area contributed by atoms with E-state index in [-0.39, 0.29) is 35.3 Å². The number of imide groups is 1. The van der Waals surface area contributed by atoms with E-state index in [4.69, 9.17) is 9.72 Å². The summed E-state index contributed by atoms with van der Waals surface area (Å²) in [5, 5.41) is 8.37. The van der Waals surface area contributed by atoms with E-state index in [0.717, 1.165) is 76.1 Å². The third-order valence-corrected chi connectivity index (χ3v) is 11.3. The molecule has 1 atom stereocenters. The van der Waals surface area contributed by atoms with Crippen LogP contribution in [0.3, 0.4) is 0 Å². The highest BCUT2D eigenvalue weighted by atomic mass is 19.3. The fourth-order valence-electron chi connectivity index (χ4n) is 8.35. The minimum Gasteiger partial charge on any atom is -0.490 e. The number of ether oxygens (including phenoxy) is 1. The maximum atomic E-state index is 13.4. The zero-order chi connectivity index (χ0) is 39.3. The molecule has 0 bridgehead atoms. The molecule has 3 aromatic heterocycles. The van der Waals surface area contributed by atoms with Gasteiger partial charge in [-0.2, -0.15) is 0 Å². The first-order valence-corrected chi connectivity index (χ1v) is 19.8. The van der Waals surface area contributed by atoms with Crippen molar-refractivity contribution >= 4 is 34.9 Å². The van der Waals surface area contributed by atoms with Crippen molar-refractivity contribution in [2.45, 2.75) is 102 Å². The van der Waals surface area contributed by atoms with Crippen LogP contribution in [-0.4, -0.2) is 86.8 Å². The second kappa shape index (κ2) is 17.5. The van der Waals surface area contributed by atoms with Gasteiger partial charge in [0.05, 0.1) is 17.4 Å². The fraction of sp³-hybridized carbons (Fsp3) is 0.500. The van der Waals surface area contributed by atoms with Crippen LogP contribution in [-0.2, 0) is 16.1 Å². The number of hydrogen-bond donors (Lipinski definition) is 3. The smallest absolute Gasteiger partial charge is 0.280 e. The molecule has 3 amide bonds. The van der Waals surface area contributed by atoms with Crippen molar-refractivity contribution in [1.29, 1.82) is 0 Å². The summed E-state index contributed by atoms with van der Waals surface area (Å²) in [6, 6.07) is 14.3. The molecule has 7 rings (SSSR count). The number of anilines is 2. The summed E-state index contributed by atoms with van der Waals surface area (Å²) in [5.41, 5.74) is 3.67. The number of pyridine rings is 2. The second-order valence-electron chi connectivity index (χ2n) is 15.9. The van der Waals surface area contributed by atoms with Gasteiger partial charge in [0, 0.05) is 55.6 Å². The first kappa shape index (κ1) is 39.3. The first-order valence-electron chi connectivity index (χ1n) is 19.8. The van der Waals surface area contributed by atoms with E-state index in [0.29, 0.717) is 42.1 Å². The lowest BCUT2D eigenvalue weighted by Gasteiger charge is -2.39. The van der Waals surface area contributed by atoms with E-state index in [2.05, 4.69) is 49.9 Å². The van der Waals surface area contributed by atoms with Crippen molar-refractivity contribution in [3.05, 3.63) is 83.4 Å². The van der Waals surface area contributed by atoms with Gasteiger partial charge < -0.3 is 24.7 Å². The molecule has 1 saturated carbocycles. The molecule has 2 aliphatic heterocycles. The Bertz CT molecular complexity index is 2020. The number of carbonyl (C=O) groups is 3. The van der Waals surface area contributed by atoms with Gasteiger partial charge in [0.15, 0.2) is 0 Å². The molecular weight excluding hydrogens is 719 g/mol. The van der Waals surface area contributed by atoms with Gasteiger partial charge in [-0.05, 0) is 115 Å². The molecule has 1 unspecified atom stereocenters. The van der Waals surface area contributed by atoms with Gasteiger partial charge in [0.1, 0.15) is 29.0 Å². The van der Waals surface area contributed by atoms with E-state index in [1.807, 2.05) is 36.6 Å². The van der Waals surface area contributed by atoms with Gasteiger partial charge in [0.2, 0.25) is 11.8 Å². The number of benzene rings is 1. The molecule has 56 heavy (non-hydrogen) atoms. The predicted molar refractivity (Wildman–Crippen MR) is 210 cm³/mol. The fourth-order valence-corrected chi connectivity index (χ4v) is 8.35. The number of piperidine rings is 2. The summed E-state index contributed by atoms with van der Waals surface area (Å²) < 4.78 is 34.3. The number of nitrogens with zero attached hydrogens (tertiary/aromatic N) is 5. The van der Waals surface area contributed by atoms with E-state index in [1.165, 1.54) is 23.8 Å². The third kappa shape index (κ3) is 9.70. The van der Waals surface area contributed by atoms with Crippen molar-refractivity contribution in [3.8, 4) is 5.75 Å². The summed E-state index contributed by atoms with van der Waals surface area (Å²) in [6.07, 6.45) is 8.23. The van der Waals surface area contributed by atoms with Crippen LogP contribution < -0.4 is 20.7 Å². The van der Waals surface area contributed by atoms with Crippen LogP contribution in [0, 0.1) is 5.92 Å². The van der Waals surface area contributed by atoms with E-state index >= 15 is 0 Å². The number of hydrogen-bond acceptors (Lipinski definition) is 9. The molecule has 3 aliphatic rings. The van der Waals surface area contributed by atoms with E-state index < -0.39 is 18.0 Å². The molecule has 1 aromatic carbocycles. The Balaban J connectivity index is 0.894. The highest BCUT2D eigenvalue weighted by Gasteiger charge is 2.30. The highest BCUT2D eigenvalue weighted by molar-refractivity contribution is 6.06. The SMILES string of the molecule is CC(C)Oc1cc2nc([C@H]3CC[C@H](CN(C)C4CCN(Cc5cccc(NC6CCC(=O)NC6=O)c5)CC4)CC3)cn2cc1C(=O)Nc1cccc(C(F)F)n1. The number of aromatic nitrogens is 3. The summed E-state index contributed by atoms with van der Waals surface area (Å²) in [6.45, 7) is 7.78. The lowest BCUT2D eigenvalue weighted by Crippen LogP contribution is -2.47.